The quantitative estimate of drug-likeness (QED) is 0.390. The Hall–Kier alpha value is -2.71. The number of amides is 1. The van der Waals surface area contributed by atoms with Gasteiger partial charge in [-0.1, -0.05) is 29.5 Å². The number of carbonyl (C=O) groups is 1. The molecular weight excluding hydrogens is 402 g/mol. The van der Waals surface area contributed by atoms with Gasteiger partial charge < -0.3 is 4.42 Å². The number of hydrogen-bond donors (Lipinski definition) is 0. The lowest BCUT2D eigenvalue weighted by molar-refractivity contribution is -0.116. The molecule has 8 heteroatoms. The minimum Gasteiger partial charge on any atom is -0.467 e. The summed E-state index contributed by atoms with van der Waals surface area (Å²) < 4.78 is 33.3. The van der Waals surface area contributed by atoms with Crippen LogP contribution in [0.15, 0.2) is 70.2 Å². The summed E-state index contributed by atoms with van der Waals surface area (Å²) in [5.41, 5.74) is 0.0503. The van der Waals surface area contributed by atoms with E-state index >= 15 is 0 Å². The van der Waals surface area contributed by atoms with Crippen molar-refractivity contribution in [2.24, 2.45) is 0 Å². The van der Waals surface area contributed by atoms with Crippen molar-refractivity contribution in [1.29, 1.82) is 0 Å². The third kappa shape index (κ3) is 4.07. The molecule has 0 saturated heterocycles. The van der Waals surface area contributed by atoms with Gasteiger partial charge in [-0.25, -0.2) is 13.8 Å². The summed E-state index contributed by atoms with van der Waals surface area (Å²) in [5.74, 6) is -0.878. The van der Waals surface area contributed by atoms with E-state index in [1.807, 2.05) is 30.3 Å². The SMILES string of the molecule is O=C(CSc1ccccc1)N(Cc1ccco1)c1nc2c(F)cc(F)cc2s1. The van der Waals surface area contributed by atoms with Crippen LogP contribution in [0.3, 0.4) is 0 Å². The number of fused-ring (bicyclic) bond motifs is 1. The summed E-state index contributed by atoms with van der Waals surface area (Å²) in [5, 5.41) is 0.301. The minimum absolute atomic E-state index is 0.0503. The van der Waals surface area contributed by atoms with Gasteiger partial charge in [0.2, 0.25) is 5.91 Å². The maximum atomic E-state index is 14.0. The van der Waals surface area contributed by atoms with Gasteiger partial charge in [-0.15, -0.1) is 11.8 Å². The van der Waals surface area contributed by atoms with Crippen LogP contribution in [0.4, 0.5) is 13.9 Å². The van der Waals surface area contributed by atoms with Crippen molar-refractivity contribution in [3.05, 3.63) is 78.3 Å². The van der Waals surface area contributed by atoms with E-state index in [2.05, 4.69) is 4.98 Å². The first-order valence-corrected chi connectivity index (χ1v) is 10.2. The van der Waals surface area contributed by atoms with Crippen LogP contribution in [-0.2, 0) is 11.3 Å². The van der Waals surface area contributed by atoms with Crippen molar-refractivity contribution in [3.63, 3.8) is 0 Å². The van der Waals surface area contributed by atoms with Crippen molar-refractivity contribution in [1.82, 2.24) is 4.98 Å². The standard InChI is InChI=1S/C20H14F2N2O2S2/c21-13-9-16(22)19-17(10-13)28-20(23-19)24(11-14-5-4-8-26-14)18(25)12-27-15-6-2-1-3-7-15/h1-10H,11-12H2. The molecule has 2 heterocycles. The van der Waals surface area contributed by atoms with Crippen LogP contribution in [0.2, 0.25) is 0 Å². The fourth-order valence-electron chi connectivity index (χ4n) is 2.62. The number of furan rings is 1. The summed E-state index contributed by atoms with van der Waals surface area (Å²) in [6.07, 6.45) is 1.52. The number of benzene rings is 2. The highest BCUT2D eigenvalue weighted by molar-refractivity contribution is 8.00. The van der Waals surface area contributed by atoms with Crippen LogP contribution in [0, 0.1) is 11.6 Å². The molecule has 2 aromatic carbocycles. The van der Waals surface area contributed by atoms with E-state index in [4.69, 9.17) is 4.42 Å². The molecule has 0 unspecified atom stereocenters. The van der Waals surface area contributed by atoms with Gasteiger partial charge in [0.1, 0.15) is 17.1 Å². The van der Waals surface area contributed by atoms with Crippen molar-refractivity contribution < 1.29 is 18.0 Å². The highest BCUT2D eigenvalue weighted by Crippen LogP contribution is 2.32. The molecule has 0 bridgehead atoms. The zero-order chi connectivity index (χ0) is 19.5. The number of carbonyl (C=O) groups excluding carboxylic acids is 1. The van der Waals surface area contributed by atoms with Gasteiger partial charge in [-0.05, 0) is 30.3 Å². The lowest BCUT2D eigenvalue weighted by Crippen LogP contribution is -2.31. The Kier molecular flexibility index (Phi) is 5.40. The Bertz CT molecular complexity index is 1100. The van der Waals surface area contributed by atoms with Crippen LogP contribution in [-0.4, -0.2) is 16.6 Å². The van der Waals surface area contributed by atoms with E-state index in [0.29, 0.717) is 15.6 Å². The molecule has 0 atom stereocenters. The molecule has 0 radical (unpaired) electrons. The Labute approximate surface area is 167 Å². The summed E-state index contributed by atoms with van der Waals surface area (Å²) in [4.78, 5) is 19.6. The first-order valence-electron chi connectivity index (χ1n) is 8.36. The van der Waals surface area contributed by atoms with Crippen molar-refractivity contribution >= 4 is 44.4 Å². The van der Waals surface area contributed by atoms with E-state index in [1.165, 1.54) is 29.0 Å². The zero-order valence-electron chi connectivity index (χ0n) is 14.5. The lowest BCUT2D eigenvalue weighted by atomic mass is 10.3. The molecule has 1 amide bonds. The van der Waals surface area contributed by atoms with Gasteiger partial charge in [0.25, 0.3) is 0 Å². The summed E-state index contributed by atoms with van der Waals surface area (Å²) in [6.45, 7) is 0.158. The smallest absolute Gasteiger partial charge is 0.239 e. The predicted molar refractivity (Wildman–Crippen MR) is 107 cm³/mol. The Morgan fingerprint density at radius 2 is 1.96 bits per heavy atom. The predicted octanol–water partition coefficient (Wildman–Crippen LogP) is 5.49. The maximum Gasteiger partial charge on any atom is 0.239 e. The molecule has 4 nitrogen and oxygen atoms in total. The van der Waals surface area contributed by atoms with Crippen LogP contribution < -0.4 is 4.90 Å². The maximum absolute atomic E-state index is 14.0. The van der Waals surface area contributed by atoms with Gasteiger partial charge in [-0.3, -0.25) is 9.69 Å². The Morgan fingerprint density at radius 1 is 1.14 bits per heavy atom. The first-order chi connectivity index (χ1) is 13.6. The molecule has 0 fully saturated rings. The first kappa shape index (κ1) is 18.6. The summed E-state index contributed by atoms with van der Waals surface area (Å²) in [7, 11) is 0. The molecular formula is C20H14F2N2O2S2. The van der Waals surface area contributed by atoms with E-state index in [0.717, 1.165) is 22.3 Å². The third-order valence-electron chi connectivity index (χ3n) is 3.93. The lowest BCUT2D eigenvalue weighted by Gasteiger charge is -2.18. The molecule has 0 N–H and O–H groups in total. The van der Waals surface area contributed by atoms with Crippen LogP contribution >= 0.6 is 23.1 Å². The topological polar surface area (TPSA) is 46.3 Å². The van der Waals surface area contributed by atoms with Gasteiger partial charge in [-0.2, -0.15) is 0 Å². The number of anilines is 1. The number of halogens is 2. The second-order valence-electron chi connectivity index (χ2n) is 5.89. The third-order valence-corrected chi connectivity index (χ3v) is 5.96. The van der Waals surface area contributed by atoms with E-state index in [9.17, 15) is 13.6 Å². The van der Waals surface area contributed by atoms with E-state index < -0.39 is 11.6 Å². The highest BCUT2D eigenvalue weighted by atomic mass is 32.2. The fraction of sp³-hybridized carbons (Fsp3) is 0.100. The average molecular weight is 416 g/mol. The number of rotatable bonds is 6. The van der Waals surface area contributed by atoms with Gasteiger partial charge in [0.15, 0.2) is 10.9 Å². The highest BCUT2D eigenvalue weighted by Gasteiger charge is 2.22. The van der Waals surface area contributed by atoms with Crippen LogP contribution in [0.25, 0.3) is 10.2 Å². The number of thioether (sulfide) groups is 1. The molecule has 0 saturated carbocycles. The number of aromatic nitrogens is 1. The molecule has 4 rings (SSSR count). The molecule has 0 spiro atoms. The molecule has 4 aromatic rings. The number of thiazole rings is 1. The molecule has 0 aliphatic rings. The van der Waals surface area contributed by atoms with E-state index in [-0.39, 0.29) is 23.7 Å². The van der Waals surface area contributed by atoms with Crippen LogP contribution in [0.1, 0.15) is 5.76 Å². The number of nitrogens with zero attached hydrogens (tertiary/aromatic N) is 2. The van der Waals surface area contributed by atoms with Crippen molar-refractivity contribution in [2.45, 2.75) is 11.4 Å². The normalized spacial score (nSPS) is 11.1. The summed E-state index contributed by atoms with van der Waals surface area (Å²) >= 11 is 2.47. The Morgan fingerprint density at radius 3 is 2.71 bits per heavy atom. The Balaban J connectivity index is 1.63. The molecule has 142 valence electrons. The van der Waals surface area contributed by atoms with E-state index in [1.54, 1.807) is 12.1 Å². The van der Waals surface area contributed by atoms with Crippen LogP contribution in [0.5, 0.6) is 0 Å². The second kappa shape index (κ2) is 8.12. The van der Waals surface area contributed by atoms with Gasteiger partial charge >= 0.3 is 0 Å². The van der Waals surface area contributed by atoms with Crippen molar-refractivity contribution in [2.75, 3.05) is 10.7 Å². The number of hydrogen-bond acceptors (Lipinski definition) is 5. The van der Waals surface area contributed by atoms with Gasteiger partial charge in [0.05, 0.1) is 23.3 Å². The monoisotopic (exact) mass is 416 g/mol. The van der Waals surface area contributed by atoms with Gasteiger partial charge in [0, 0.05) is 11.0 Å². The zero-order valence-corrected chi connectivity index (χ0v) is 16.1. The molecule has 2 aromatic heterocycles. The second-order valence-corrected chi connectivity index (χ2v) is 7.95. The fourth-order valence-corrected chi connectivity index (χ4v) is 4.44. The minimum atomic E-state index is -0.749. The molecule has 28 heavy (non-hydrogen) atoms. The summed E-state index contributed by atoms with van der Waals surface area (Å²) in [6, 6.07) is 15.0. The molecule has 0 aliphatic carbocycles. The molecule has 0 aliphatic heterocycles. The van der Waals surface area contributed by atoms with Crippen molar-refractivity contribution in [3.8, 4) is 0 Å². The average Bonchev–Trinajstić information content (AvgIpc) is 3.34. The largest absolute Gasteiger partial charge is 0.467 e.